The van der Waals surface area contributed by atoms with Gasteiger partial charge in [0.2, 0.25) is 0 Å². The van der Waals surface area contributed by atoms with E-state index in [2.05, 4.69) is 10.3 Å². The average molecular weight is 320 g/mol. The maximum Gasteiger partial charge on any atom is 0.408 e. The van der Waals surface area contributed by atoms with Gasteiger partial charge in [-0.05, 0) is 26.7 Å². The van der Waals surface area contributed by atoms with Crippen LogP contribution in [0.3, 0.4) is 0 Å². The van der Waals surface area contributed by atoms with Crippen molar-refractivity contribution in [3.8, 4) is 0 Å². The number of thiazole rings is 1. The molecule has 0 spiro atoms. The van der Waals surface area contributed by atoms with E-state index in [0.29, 0.717) is 16.6 Å². The van der Waals surface area contributed by atoms with Gasteiger partial charge in [-0.1, -0.05) is 20.3 Å². The molecule has 0 fully saturated rings. The zero-order valence-corrected chi connectivity index (χ0v) is 14.2. The molecule has 1 aromatic rings. The molecule has 0 unspecified atom stereocenters. The van der Waals surface area contributed by atoms with Gasteiger partial charge in [-0.15, -0.1) is 22.9 Å². The second kappa shape index (κ2) is 7.27. The molecular formula is C14H23ClN2O2S. The van der Waals surface area contributed by atoms with E-state index in [-0.39, 0.29) is 5.92 Å². The standard InChI is InChI=1S/C14H23ClN2O2S/c1-6-9(2)11(12-16-10(7-15)8-20-12)17-13(18)19-14(3,4)5/h8-9,11H,6-7H2,1-5H3,(H,17,18)/t9-,11-/m0/s1/i11D. The molecule has 1 amide bonds. The van der Waals surface area contributed by atoms with Crippen LogP contribution in [0.4, 0.5) is 4.79 Å². The first-order chi connectivity index (χ1) is 9.62. The maximum atomic E-state index is 12.0. The van der Waals surface area contributed by atoms with Crippen molar-refractivity contribution < 1.29 is 10.9 Å². The third-order valence-corrected chi connectivity index (χ3v) is 3.86. The fourth-order valence-corrected chi connectivity index (χ4v) is 2.66. The number of nitrogens with zero attached hydrogens (tertiary/aromatic N) is 1. The van der Waals surface area contributed by atoms with Crippen molar-refractivity contribution in [3.63, 3.8) is 0 Å². The van der Waals surface area contributed by atoms with Gasteiger partial charge < -0.3 is 10.1 Å². The lowest BCUT2D eigenvalue weighted by molar-refractivity contribution is 0.0486. The van der Waals surface area contributed by atoms with Gasteiger partial charge in [0.05, 0.1) is 19.0 Å². The van der Waals surface area contributed by atoms with E-state index in [0.717, 1.165) is 6.42 Å². The Morgan fingerprint density at radius 3 is 2.75 bits per heavy atom. The first-order valence-electron chi connectivity index (χ1n) is 7.14. The van der Waals surface area contributed by atoms with E-state index in [4.69, 9.17) is 17.7 Å². The number of alkyl carbamates (subject to hydrolysis) is 1. The van der Waals surface area contributed by atoms with Crippen LogP contribution in [0.25, 0.3) is 0 Å². The summed E-state index contributed by atoms with van der Waals surface area (Å²) < 4.78 is 14.0. The zero-order valence-electron chi connectivity index (χ0n) is 13.6. The topological polar surface area (TPSA) is 51.2 Å². The largest absolute Gasteiger partial charge is 0.444 e. The Morgan fingerprint density at radius 1 is 1.65 bits per heavy atom. The van der Waals surface area contributed by atoms with Crippen molar-refractivity contribution in [1.29, 1.82) is 0 Å². The van der Waals surface area contributed by atoms with Crippen molar-refractivity contribution in [3.05, 3.63) is 16.1 Å². The smallest absolute Gasteiger partial charge is 0.408 e. The summed E-state index contributed by atoms with van der Waals surface area (Å²) in [4.78, 5) is 16.4. The molecule has 0 aliphatic heterocycles. The van der Waals surface area contributed by atoms with Crippen LogP contribution in [0.15, 0.2) is 5.38 Å². The number of ether oxygens (including phenoxy) is 1. The number of nitrogens with one attached hydrogen (secondary N) is 1. The minimum atomic E-state index is -1.31. The van der Waals surface area contributed by atoms with E-state index in [1.165, 1.54) is 11.3 Å². The number of hydrogen-bond acceptors (Lipinski definition) is 4. The fourth-order valence-electron chi connectivity index (χ4n) is 1.50. The highest BCUT2D eigenvalue weighted by molar-refractivity contribution is 7.09. The number of carbonyl (C=O) groups is 1. The lowest BCUT2D eigenvalue weighted by Gasteiger charge is -2.25. The molecule has 0 radical (unpaired) electrons. The fraction of sp³-hybridized carbons (Fsp3) is 0.714. The SMILES string of the molecule is [2H][C@@](NC(=O)OC(C)(C)C)(c1nc(CCl)cs1)[C@@H](C)CC. The highest BCUT2D eigenvalue weighted by Gasteiger charge is 2.26. The molecule has 1 heterocycles. The van der Waals surface area contributed by atoms with Gasteiger partial charge in [-0.2, -0.15) is 0 Å². The molecular weight excluding hydrogens is 296 g/mol. The second-order valence-electron chi connectivity index (χ2n) is 5.63. The summed E-state index contributed by atoms with van der Waals surface area (Å²) in [5.74, 6) is 0.179. The predicted octanol–water partition coefficient (Wildman–Crippen LogP) is 4.49. The van der Waals surface area contributed by atoms with Gasteiger partial charge >= 0.3 is 6.09 Å². The van der Waals surface area contributed by atoms with E-state index < -0.39 is 17.7 Å². The summed E-state index contributed by atoms with van der Waals surface area (Å²) in [7, 11) is 0. The Labute approximate surface area is 131 Å². The molecule has 6 heteroatoms. The van der Waals surface area contributed by atoms with Crippen LogP contribution in [0.2, 0.25) is 0 Å². The van der Waals surface area contributed by atoms with Crippen LogP contribution in [0.1, 0.15) is 59.1 Å². The Kier molecular flexibility index (Phi) is 5.66. The minimum absolute atomic E-state index is 0.112. The number of alkyl halides is 1. The van der Waals surface area contributed by atoms with Gasteiger partial charge in [-0.25, -0.2) is 9.78 Å². The van der Waals surface area contributed by atoms with Gasteiger partial charge in [0.25, 0.3) is 0 Å². The molecule has 2 atom stereocenters. The van der Waals surface area contributed by atoms with Gasteiger partial charge in [0.1, 0.15) is 10.6 Å². The quantitative estimate of drug-likeness (QED) is 0.813. The molecule has 0 aromatic carbocycles. The van der Waals surface area contributed by atoms with Crippen LogP contribution in [0.5, 0.6) is 0 Å². The van der Waals surface area contributed by atoms with Gasteiger partial charge in [0, 0.05) is 5.38 Å². The third kappa shape index (κ3) is 5.29. The Hall–Kier alpha value is -0.810. The summed E-state index contributed by atoms with van der Waals surface area (Å²) in [6.07, 6.45) is 0.121. The van der Waals surface area contributed by atoms with Crippen LogP contribution >= 0.6 is 22.9 Å². The molecule has 0 aliphatic rings. The van der Waals surface area contributed by atoms with Crippen molar-refractivity contribution >= 4 is 29.0 Å². The molecule has 1 rings (SSSR count). The molecule has 0 aliphatic carbocycles. The lowest BCUT2D eigenvalue weighted by atomic mass is 10.00. The average Bonchev–Trinajstić information content (AvgIpc) is 2.84. The first-order valence-corrected chi connectivity index (χ1v) is 8.05. The molecule has 4 nitrogen and oxygen atoms in total. The van der Waals surface area contributed by atoms with E-state index in [9.17, 15) is 4.79 Å². The number of rotatable bonds is 5. The number of aromatic nitrogens is 1. The maximum absolute atomic E-state index is 12.0. The predicted molar refractivity (Wildman–Crippen MR) is 83.2 cm³/mol. The van der Waals surface area contributed by atoms with Gasteiger partial charge in [0.15, 0.2) is 0 Å². The van der Waals surface area contributed by atoms with Crippen molar-refractivity contribution in [2.75, 3.05) is 0 Å². The van der Waals surface area contributed by atoms with Crippen molar-refractivity contribution in [2.45, 2.75) is 58.5 Å². The zero-order chi connectivity index (χ0) is 16.3. The number of hydrogen-bond donors (Lipinski definition) is 1. The Bertz CT molecular complexity index is 490. The summed E-state index contributed by atoms with van der Waals surface area (Å²) in [6.45, 7) is 9.25. The second-order valence-corrected chi connectivity index (χ2v) is 6.75. The van der Waals surface area contributed by atoms with E-state index in [1.54, 1.807) is 20.8 Å². The monoisotopic (exact) mass is 319 g/mol. The highest BCUT2D eigenvalue weighted by atomic mass is 35.5. The van der Waals surface area contributed by atoms with Crippen LogP contribution in [-0.2, 0) is 10.6 Å². The Morgan fingerprint density at radius 2 is 2.30 bits per heavy atom. The molecule has 1 aromatic heterocycles. The Balaban J connectivity index is 3.01. The molecule has 1 N–H and O–H groups in total. The molecule has 0 saturated heterocycles. The number of carbonyl (C=O) groups excluding carboxylic acids is 1. The summed E-state index contributed by atoms with van der Waals surface area (Å²) in [5.41, 5.74) is 0.104. The summed E-state index contributed by atoms with van der Waals surface area (Å²) >= 11 is 7.10. The first kappa shape index (κ1) is 15.6. The highest BCUT2D eigenvalue weighted by Crippen LogP contribution is 2.28. The molecule has 0 saturated carbocycles. The normalized spacial score (nSPS) is 17.0. The molecule has 20 heavy (non-hydrogen) atoms. The van der Waals surface area contributed by atoms with Crippen LogP contribution in [0, 0.1) is 5.92 Å². The minimum Gasteiger partial charge on any atom is -0.444 e. The van der Waals surface area contributed by atoms with E-state index >= 15 is 0 Å². The van der Waals surface area contributed by atoms with E-state index in [1.807, 2.05) is 19.2 Å². The number of amides is 1. The van der Waals surface area contributed by atoms with Crippen molar-refractivity contribution in [2.24, 2.45) is 5.92 Å². The van der Waals surface area contributed by atoms with Gasteiger partial charge in [-0.3, -0.25) is 0 Å². The molecule has 0 bridgehead atoms. The van der Waals surface area contributed by atoms with Crippen LogP contribution in [-0.4, -0.2) is 16.7 Å². The lowest BCUT2D eigenvalue weighted by Crippen LogP contribution is -2.37. The number of halogens is 1. The molecule has 114 valence electrons. The summed E-state index contributed by atoms with van der Waals surface area (Å²) in [6, 6.07) is -1.31. The third-order valence-electron chi connectivity index (χ3n) is 2.66. The van der Waals surface area contributed by atoms with Crippen molar-refractivity contribution in [1.82, 2.24) is 10.3 Å². The van der Waals surface area contributed by atoms with Crippen LogP contribution < -0.4 is 5.32 Å². The summed E-state index contributed by atoms with van der Waals surface area (Å²) in [5, 5.41) is 5.00.